The van der Waals surface area contributed by atoms with Crippen LogP contribution in [0.4, 0.5) is 5.69 Å². The number of thioether (sulfide) groups is 1. The lowest BCUT2D eigenvalue weighted by Gasteiger charge is -2.05. The van der Waals surface area contributed by atoms with Crippen molar-refractivity contribution in [1.29, 1.82) is 0 Å². The number of carbonyl (C=O) groups is 2. The first-order chi connectivity index (χ1) is 13.5. The SMILES string of the molecule is CCc1ccccc1N=C1NC(=O)/C(=C\c2cccc(OCCC(=O)O)c2)S1. The third kappa shape index (κ3) is 5.23. The number of aliphatic carboxylic acids is 1. The molecule has 0 saturated carbocycles. The number of amidine groups is 1. The molecule has 3 rings (SSSR count). The van der Waals surface area contributed by atoms with E-state index in [0.717, 1.165) is 23.2 Å². The number of rotatable bonds is 7. The number of ether oxygens (including phenoxy) is 1. The van der Waals surface area contributed by atoms with Crippen LogP contribution in [0, 0.1) is 0 Å². The van der Waals surface area contributed by atoms with Gasteiger partial charge in [-0.1, -0.05) is 37.3 Å². The standard InChI is InChI=1S/C21H20N2O4S/c1-2-15-7-3-4-9-17(15)22-21-23-20(26)18(28-21)13-14-6-5-8-16(12-14)27-11-10-19(24)25/h3-9,12-13H,2,10-11H2,1H3,(H,24,25)(H,22,23,26)/b18-13+. The molecule has 28 heavy (non-hydrogen) atoms. The highest BCUT2D eigenvalue weighted by Gasteiger charge is 2.24. The van der Waals surface area contributed by atoms with E-state index in [1.807, 2.05) is 30.3 Å². The molecule has 0 spiro atoms. The molecule has 1 amide bonds. The summed E-state index contributed by atoms with van der Waals surface area (Å²) in [5, 5.41) is 12.0. The van der Waals surface area contributed by atoms with Crippen molar-refractivity contribution < 1.29 is 19.4 Å². The second-order valence-electron chi connectivity index (χ2n) is 6.03. The maximum Gasteiger partial charge on any atom is 0.306 e. The second-order valence-corrected chi connectivity index (χ2v) is 7.06. The van der Waals surface area contributed by atoms with E-state index in [0.29, 0.717) is 15.8 Å². The van der Waals surface area contributed by atoms with Crippen molar-refractivity contribution in [3.63, 3.8) is 0 Å². The number of carbonyl (C=O) groups excluding carboxylic acids is 1. The van der Waals surface area contributed by atoms with Crippen LogP contribution in [0.25, 0.3) is 6.08 Å². The lowest BCUT2D eigenvalue weighted by Crippen LogP contribution is -2.19. The summed E-state index contributed by atoms with van der Waals surface area (Å²) >= 11 is 1.29. The molecule has 2 aromatic rings. The van der Waals surface area contributed by atoms with Crippen LogP contribution in [0.5, 0.6) is 5.75 Å². The predicted octanol–water partition coefficient (Wildman–Crippen LogP) is 3.99. The molecule has 1 aliphatic rings. The van der Waals surface area contributed by atoms with Crippen molar-refractivity contribution in [3.05, 3.63) is 64.6 Å². The van der Waals surface area contributed by atoms with Crippen molar-refractivity contribution in [2.45, 2.75) is 19.8 Å². The molecule has 1 fully saturated rings. The van der Waals surface area contributed by atoms with Gasteiger partial charge < -0.3 is 15.2 Å². The van der Waals surface area contributed by atoms with Gasteiger partial charge in [0.25, 0.3) is 5.91 Å². The average Bonchev–Trinajstić information content (AvgIpc) is 3.01. The third-order valence-electron chi connectivity index (χ3n) is 3.99. The number of nitrogens with zero attached hydrogens (tertiary/aromatic N) is 1. The maximum absolute atomic E-state index is 12.3. The van der Waals surface area contributed by atoms with Crippen LogP contribution < -0.4 is 10.1 Å². The van der Waals surface area contributed by atoms with Gasteiger partial charge in [0.2, 0.25) is 0 Å². The zero-order chi connectivity index (χ0) is 19.9. The molecule has 1 aliphatic heterocycles. The number of carboxylic acids is 1. The Kier molecular flexibility index (Phi) is 6.49. The molecule has 6 nitrogen and oxygen atoms in total. The first-order valence-electron chi connectivity index (χ1n) is 8.87. The van der Waals surface area contributed by atoms with Crippen LogP contribution in [0.1, 0.15) is 24.5 Å². The molecule has 0 radical (unpaired) electrons. The molecule has 0 bridgehead atoms. The first-order valence-corrected chi connectivity index (χ1v) is 9.69. The molecule has 0 aliphatic carbocycles. The predicted molar refractivity (Wildman–Crippen MR) is 111 cm³/mol. The van der Waals surface area contributed by atoms with Gasteiger partial charge in [-0.3, -0.25) is 9.59 Å². The largest absolute Gasteiger partial charge is 0.493 e. The molecule has 1 heterocycles. The summed E-state index contributed by atoms with van der Waals surface area (Å²) < 4.78 is 5.43. The summed E-state index contributed by atoms with van der Waals surface area (Å²) in [6.07, 6.45) is 2.56. The molecule has 144 valence electrons. The van der Waals surface area contributed by atoms with E-state index in [2.05, 4.69) is 17.2 Å². The number of hydrogen-bond donors (Lipinski definition) is 2. The van der Waals surface area contributed by atoms with Crippen LogP contribution in [0.15, 0.2) is 58.4 Å². The number of amides is 1. The molecule has 0 aromatic heterocycles. The second kappa shape index (κ2) is 9.23. The van der Waals surface area contributed by atoms with Crippen LogP contribution in [-0.2, 0) is 16.0 Å². The highest BCUT2D eigenvalue weighted by molar-refractivity contribution is 8.18. The quantitative estimate of drug-likeness (QED) is 0.691. The molecule has 1 saturated heterocycles. The smallest absolute Gasteiger partial charge is 0.306 e. The Labute approximate surface area is 167 Å². The molecule has 2 N–H and O–H groups in total. The minimum absolute atomic E-state index is 0.0668. The minimum Gasteiger partial charge on any atom is -0.493 e. The molecule has 7 heteroatoms. The molecule has 2 aromatic carbocycles. The van der Waals surface area contributed by atoms with E-state index in [9.17, 15) is 9.59 Å². The van der Waals surface area contributed by atoms with Gasteiger partial charge in [0.05, 0.1) is 23.6 Å². The fourth-order valence-corrected chi connectivity index (χ4v) is 3.45. The van der Waals surface area contributed by atoms with E-state index < -0.39 is 5.97 Å². The number of hydrogen-bond acceptors (Lipinski definition) is 5. The number of carboxylic acid groups (broad SMARTS) is 1. The van der Waals surface area contributed by atoms with Crippen LogP contribution in [0.3, 0.4) is 0 Å². The maximum atomic E-state index is 12.3. The van der Waals surface area contributed by atoms with Crippen molar-refractivity contribution in [1.82, 2.24) is 5.32 Å². The Morgan fingerprint density at radius 3 is 2.86 bits per heavy atom. The van der Waals surface area contributed by atoms with Gasteiger partial charge in [0, 0.05) is 0 Å². The highest BCUT2D eigenvalue weighted by atomic mass is 32.2. The van der Waals surface area contributed by atoms with Crippen molar-refractivity contribution >= 4 is 40.6 Å². The van der Waals surface area contributed by atoms with Crippen LogP contribution >= 0.6 is 11.8 Å². The van der Waals surface area contributed by atoms with Gasteiger partial charge in [-0.15, -0.1) is 0 Å². The van der Waals surface area contributed by atoms with Gasteiger partial charge >= 0.3 is 5.97 Å². The van der Waals surface area contributed by atoms with Gasteiger partial charge in [-0.25, -0.2) is 4.99 Å². The zero-order valence-corrected chi connectivity index (χ0v) is 16.2. The van der Waals surface area contributed by atoms with Gasteiger partial charge in [0.1, 0.15) is 5.75 Å². The summed E-state index contributed by atoms with van der Waals surface area (Å²) in [7, 11) is 0. The lowest BCUT2D eigenvalue weighted by molar-refractivity contribution is -0.137. The number of aliphatic imine (C=N–C) groups is 1. The lowest BCUT2D eigenvalue weighted by atomic mass is 10.1. The number of nitrogens with one attached hydrogen (secondary N) is 1. The van der Waals surface area contributed by atoms with Gasteiger partial charge in [-0.2, -0.15) is 0 Å². The topological polar surface area (TPSA) is 88.0 Å². The normalized spacial score (nSPS) is 16.4. The average molecular weight is 396 g/mol. The number of aryl methyl sites for hydroxylation is 1. The molecular weight excluding hydrogens is 376 g/mol. The molecule has 0 atom stereocenters. The highest BCUT2D eigenvalue weighted by Crippen LogP contribution is 2.30. The van der Waals surface area contributed by atoms with E-state index >= 15 is 0 Å². The summed E-state index contributed by atoms with van der Waals surface area (Å²) in [5.41, 5.74) is 2.76. The van der Waals surface area contributed by atoms with Crippen LogP contribution in [-0.4, -0.2) is 28.8 Å². The number of para-hydroxylation sites is 1. The summed E-state index contributed by atoms with van der Waals surface area (Å²) in [4.78, 5) is 28.0. The van der Waals surface area contributed by atoms with E-state index in [1.165, 1.54) is 11.8 Å². The Morgan fingerprint density at radius 2 is 2.07 bits per heavy atom. The van der Waals surface area contributed by atoms with Gasteiger partial charge in [0.15, 0.2) is 5.17 Å². The number of benzene rings is 2. The van der Waals surface area contributed by atoms with Crippen molar-refractivity contribution in [2.75, 3.05) is 6.61 Å². The Bertz CT molecular complexity index is 953. The monoisotopic (exact) mass is 396 g/mol. The molecule has 0 unspecified atom stereocenters. The first kappa shape index (κ1) is 19.7. The van der Waals surface area contributed by atoms with Gasteiger partial charge in [-0.05, 0) is 53.6 Å². The summed E-state index contributed by atoms with van der Waals surface area (Å²) in [5.74, 6) is -0.548. The minimum atomic E-state index is -0.909. The van der Waals surface area contributed by atoms with E-state index in [-0.39, 0.29) is 18.9 Å². The fourth-order valence-electron chi connectivity index (χ4n) is 2.61. The van der Waals surface area contributed by atoms with Crippen molar-refractivity contribution in [3.8, 4) is 5.75 Å². The third-order valence-corrected chi connectivity index (χ3v) is 4.90. The Balaban J connectivity index is 1.74. The van der Waals surface area contributed by atoms with Crippen molar-refractivity contribution in [2.24, 2.45) is 4.99 Å². The Morgan fingerprint density at radius 1 is 1.25 bits per heavy atom. The molecular formula is C21H20N2O4S. The van der Waals surface area contributed by atoms with E-state index in [1.54, 1.807) is 24.3 Å². The Hall–Kier alpha value is -3.06. The van der Waals surface area contributed by atoms with E-state index in [4.69, 9.17) is 9.84 Å². The zero-order valence-electron chi connectivity index (χ0n) is 15.3. The summed E-state index contributed by atoms with van der Waals surface area (Å²) in [6, 6.07) is 15.0. The van der Waals surface area contributed by atoms with Crippen LogP contribution in [0.2, 0.25) is 0 Å². The fraction of sp³-hybridized carbons (Fsp3) is 0.190. The summed E-state index contributed by atoms with van der Waals surface area (Å²) in [6.45, 7) is 2.16.